The molecule has 0 saturated heterocycles. The Morgan fingerprint density at radius 3 is 2.65 bits per heavy atom. The van der Waals surface area contributed by atoms with Crippen molar-refractivity contribution in [1.29, 1.82) is 0 Å². The van der Waals surface area contributed by atoms with Crippen LogP contribution in [0.5, 0.6) is 11.5 Å². The van der Waals surface area contributed by atoms with Crippen molar-refractivity contribution in [2.75, 3.05) is 31.3 Å². The lowest BCUT2D eigenvalue weighted by Gasteiger charge is -2.10. The molecule has 0 heterocycles. The predicted molar refractivity (Wildman–Crippen MR) is 82.5 cm³/mol. The molecule has 4 nitrogen and oxygen atoms in total. The van der Waals surface area contributed by atoms with Crippen molar-refractivity contribution in [3.8, 4) is 11.5 Å². The maximum absolute atomic E-state index is 5.77. The molecule has 20 heavy (non-hydrogen) atoms. The highest BCUT2D eigenvalue weighted by Gasteiger charge is 2.00. The van der Waals surface area contributed by atoms with Gasteiger partial charge in [0.25, 0.3) is 0 Å². The lowest BCUT2D eigenvalue weighted by molar-refractivity contribution is 0.315. The highest BCUT2D eigenvalue weighted by molar-refractivity contribution is 5.61. The molecule has 0 aliphatic rings. The molecule has 0 spiro atoms. The Hall–Kier alpha value is -2.36. The van der Waals surface area contributed by atoms with Gasteiger partial charge in [-0.05, 0) is 30.7 Å². The molecule has 0 bridgehead atoms. The van der Waals surface area contributed by atoms with Crippen LogP contribution in [-0.4, -0.2) is 20.3 Å². The Balaban J connectivity index is 1.71. The van der Waals surface area contributed by atoms with E-state index in [4.69, 9.17) is 15.2 Å². The van der Waals surface area contributed by atoms with Gasteiger partial charge < -0.3 is 20.5 Å². The van der Waals surface area contributed by atoms with Gasteiger partial charge in [0.15, 0.2) is 0 Å². The highest BCUT2D eigenvalue weighted by atomic mass is 16.5. The molecular formula is C16H20N2O2. The van der Waals surface area contributed by atoms with Crippen LogP contribution in [-0.2, 0) is 0 Å². The van der Waals surface area contributed by atoms with Crippen LogP contribution in [0.25, 0.3) is 0 Å². The summed E-state index contributed by atoms with van der Waals surface area (Å²) >= 11 is 0. The molecule has 0 unspecified atom stereocenters. The summed E-state index contributed by atoms with van der Waals surface area (Å²) < 4.78 is 10.8. The molecule has 0 radical (unpaired) electrons. The predicted octanol–water partition coefficient (Wildman–Crippen LogP) is 3.16. The van der Waals surface area contributed by atoms with E-state index < -0.39 is 0 Å². The number of methoxy groups -OCH3 is 1. The van der Waals surface area contributed by atoms with E-state index in [-0.39, 0.29) is 0 Å². The van der Waals surface area contributed by atoms with Crippen molar-refractivity contribution < 1.29 is 9.47 Å². The van der Waals surface area contributed by atoms with Crippen molar-refractivity contribution in [3.63, 3.8) is 0 Å². The van der Waals surface area contributed by atoms with Crippen LogP contribution < -0.4 is 20.5 Å². The van der Waals surface area contributed by atoms with Crippen molar-refractivity contribution in [3.05, 3.63) is 48.5 Å². The molecule has 0 amide bonds. The minimum atomic E-state index is 0.644. The average Bonchev–Trinajstić information content (AvgIpc) is 2.49. The second-order valence-corrected chi connectivity index (χ2v) is 4.40. The zero-order valence-electron chi connectivity index (χ0n) is 11.6. The molecule has 0 fully saturated rings. The molecule has 0 atom stereocenters. The molecule has 4 heteroatoms. The number of ether oxygens (including phenoxy) is 2. The summed E-state index contributed by atoms with van der Waals surface area (Å²) in [6.07, 6.45) is 0.918. The van der Waals surface area contributed by atoms with E-state index in [0.717, 1.165) is 24.4 Å². The first-order chi connectivity index (χ1) is 9.79. The number of rotatable bonds is 7. The van der Waals surface area contributed by atoms with Gasteiger partial charge in [-0.25, -0.2) is 0 Å². The fraction of sp³-hybridized carbons (Fsp3) is 0.250. The summed E-state index contributed by atoms with van der Waals surface area (Å²) in [5.41, 5.74) is 7.41. The highest BCUT2D eigenvalue weighted by Crippen LogP contribution is 2.24. The first-order valence-electron chi connectivity index (χ1n) is 6.65. The van der Waals surface area contributed by atoms with E-state index in [1.165, 1.54) is 0 Å². The minimum Gasteiger partial charge on any atom is -0.495 e. The van der Waals surface area contributed by atoms with Crippen LogP contribution in [0, 0.1) is 0 Å². The summed E-state index contributed by atoms with van der Waals surface area (Å²) in [5.74, 6) is 1.59. The van der Waals surface area contributed by atoms with Gasteiger partial charge in [-0.1, -0.05) is 18.2 Å². The maximum Gasteiger partial charge on any atom is 0.143 e. The lowest BCUT2D eigenvalue weighted by atomic mass is 10.2. The van der Waals surface area contributed by atoms with Crippen LogP contribution in [0.3, 0.4) is 0 Å². The number of anilines is 2. The van der Waals surface area contributed by atoms with Crippen molar-refractivity contribution in [2.24, 2.45) is 0 Å². The van der Waals surface area contributed by atoms with E-state index in [1.807, 2.05) is 48.5 Å². The molecule has 2 aromatic carbocycles. The molecule has 0 saturated carbocycles. The van der Waals surface area contributed by atoms with Gasteiger partial charge in [0.1, 0.15) is 11.5 Å². The third kappa shape index (κ3) is 4.09. The number of hydrogen-bond acceptors (Lipinski definition) is 4. The van der Waals surface area contributed by atoms with E-state index in [9.17, 15) is 0 Å². The average molecular weight is 272 g/mol. The van der Waals surface area contributed by atoms with Crippen LogP contribution in [0.4, 0.5) is 11.4 Å². The normalized spacial score (nSPS) is 10.1. The summed E-state index contributed by atoms with van der Waals surface area (Å²) in [6.45, 7) is 1.52. The maximum atomic E-state index is 5.77. The zero-order chi connectivity index (χ0) is 14.2. The number of hydrogen-bond donors (Lipinski definition) is 2. The van der Waals surface area contributed by atoms with Gasteiger partial charge in [-0.15, -0.1) is 0 Å². The molecule has 3 N–H and O–H groups in total. The second kappa shape index (κ2) is 7.28. The molecular weight excluding hydrogens is 252 g/mol. The number of nitrogens with one attached hydrogen (secondary N) is 1. The van der Waals surface area contributed by atoms with E-state index in [1.54, 1.807) is 7.11 Å². The molecule has 0 aromatic heterocycles. The minimum absolute atomic E-state index is 0.644. The third-order valence-electron chi connectivity index (χ3n) is 2.90. The molecule has 0 aliphatic heterocycles. The van der Waals surface area contributed by atoms with Gasteiger partial charge in [0.05, 0.1) is 19.4 Å². The Labute approximate surface area is 119 Å². The van der Waals surface area contributed by atoms with E-state index >= 15 is 0 Å². The van der Waals surface area contributed by atoms with Crippen LogP contribution in [0.2, 0.25) is 0 Å². The summed E-state index contributed by atoms with van der Waals surface area (Å²) in [6, 6.07) is 15.5. The van der Waals surface area contributed by atoms with E-state index in [0.29, 0.717) is 18.0 Å². The van der Waals surface area contributed by atoms with Crippen LogP contribution in [0.15, 0.2) is 48.5 Å². The van der Waals surface area contributed by atoms with Gasteiger partial charge in [-0.3, -0.25) is 0 Å². The Kier molecular flexibility index (Phi) is 5.12. The largest absolute Gasteiger partial charge is 0.495 e. The number of para-hydroxylation sites is 1. The lowest BCUT2D eigenvalue weighted by Crippen LogP contribution is -2.07. The van der Waals surface area contributed by atoms with Gasteiger partial charge in [-0.2, -0.15) is 0 Å². The second-order valence-electron chi connectivity index (χ2n) is 4.40. The first-order valence-corrected chi connectivity index (χ1v) is 6.65. The Bertz CT molecular complexity index is 529. The van der Waals surface area contributed by atoms with Gasteiger partial charge >= 0.3 is 0 Å². The fourth-order valence-electron chi connectivity index (χ4n) is 1.83. The molecule has 106 valence electrons. The Morgan fingerprint density at radius 2 is 1.90 bits per heavy atom. The number of nitrogens with two attached hydrogens (primary N) is 1. The Morgan fingerprint density at radius 1 is 1.10 bits per heavy atom. The smallest absolute Gasteiger partial charge is 0.143 e. The van der Waals surface area contributed by atoms with Crippen LogP contribution >= 0.6 is 0 Å². The van der Waals surface area contributed by atoms with Gasteiger partial charge in [0.2, 0.25) is 0 Å². The van der Waals surface area contributed by atoms with Gasteiger partial charge in [0, 0.05) is 18.3 Å². The van der Waals surface area contributed by atoms with Crippen molar-refractivity contribution >= 4 is 11.4 Å². The number of nitrogen functional groups attached to an aromatic ring is 1. The first kappa shape index (κ1) is 14.1. The molecule has 0 aliphatic carbocycles. The summed E-state index contributed by atoms with van der Waals surface area (Å²) in [4.78, 5) is 0. The van der Waals surface area contributed by atoms with Crippen molar-refractivity contribution in [1.82, 2.24) is 0 Å². The fourth-order valence-corrected chi connectivity index (χ4v) is 1.83. The monoisotopic (exact) mass is 272 g/mol. The zero-order valence-corrected chi connectivity index (χ0v) is 11.6. The van der Waals surface area contributed by atoms with Crippen molar-refractivity contribution in [2.45, 2.75) is 6.42 Å². The van der Waals surface area contributed by atoms with Crippen LogP contribution in [0.1, 0.15) is 6.42 Å². The SMILES string of the molecule is COc1cc(NCCCOc2ccccc2)ccc1N. The quantitative estimate of drug-likeness (QED) is 0.600. The third-order valence-corrected chi connectivity index (χ3v) is 2.90. The number of benzene rings is 2. The summed E-state index contributed by atoms with van der Waals surface area (Å²) in [7, 11) is 1.61. The summed E-state index contributed by atoms with van der Waals surface area (Å²) in [5, 5.41) is 3.32. The molecule has 2 rings (SSSR count). The van der Waals surface area contributed by atoms with E-state index in [2.05, 4.69) is 5.32 Å². The standard InChI is InChI=1S/C16H20N2O2/c1-19-16-12-13(8-9-15(16)17)18-10-5-11-20-14-6-3-2-4-7-14/h2-4,6-9,12,18H,5,10-11,17H2,1H3. The molecule has 2 aromatic rings. The topological polar surface area (TPSA) is 56.5 Å².